The molecular formula is C11H12O. The van der Waals surface area contributed by atoms with E-state index < -0.39 is 0 Å². The summed E-state index contributed by atoms with van der Waals surface area (Å²) in [7, 11) is 0. The number of hydrogen-bond donors (Lipinski definition) is 0. The van der Waals surface area contributed by atoms with Crippen LogP contribution in [0.2, 0.25) is 0 Å². The van der Waals surface area contributed by atoms with Gasteiger partial charge in [-0.25, -0.2) is 0 Å². The van der Waals surface area contributed by atoms with E-state index in [9.17, 15) is 0 Å². The maximum atomic E-state index is 6.17. The SMILES string of the molecule is C1[C@@H]2[C@@H]3[C@H]4[C@@H]1[C@H]1[C@@H]5O[C@@H]([C@@H]3[C@H]54)[C@@H]21. The topological polar surface area (TPSA) is 9.23 Å². The van der Waals surface area contributed by atoms with E-state index in [1.165, 1.54) is 11.8 Å². The van der Waals surface area contributed by atoms with Crippen LogP contribution in [0.4, 0.5) is 0 Å². The highest BCUT2D eigenvalue weighted by Crippen LogP contribution is 2.87. The number of hydrogen-bond acceptors (Lipinski definition) is 1. The molecule has 2 aliphatic heterocycles. The fraction of sp³-hybridized carbons (Fsp3) is 1.00. The van der Waals surface area contributed by atoms with Crippen molar-refractivity contribution in [2.75, 3.05) is 0 Å². The molecule has 5 aliphatic carbocycles. The van der Waals surface area contributed by atoms with E-state index in [1.54, 1.807) is 6.42 Å². The second-order valence-electron chi connectivity index (χ2n) is 6.09. The maximum Gasteiger partial charge on any atom is 0.0648 e. The minimum absolute atomic E-state index is 0.781. The summed E-state index contributed by atoms with van der Waals surface area (Å²) in [5.74, 6) is 8.98. The van der Waals surface area contributed by atoms with Gasteiger partial charge in [0.2, 0.25) is 0 Å². The Kier molecular flexibility index (Phi) is 0.443. The van der Waals surface area contributed by atoms with E-state index in [0.717, 1.165) is 47.7 Å². The second kappa shape index (κ2) is 1.06. The first-order valence-corrected chi connectivity index (χ1v) is 5.62. The lowest BCUT2D eigenvalue weighted by Gasteiger charge is -2.43. The van der Waals surface area contributed by atoms with Gasteiger partial charge in [-0.3, -0.25) is 0 Å². The zero-order valence-corrected chi connectivity index (χ0v) is 6.89. The summed E-state index contributed by atoms with van der Waals surface area (Å²) >= 11 is 0. The largest absolute Gasteiger partial charge is 0.374 e. The molecular weight excluding hydrogens is 148 g/mol. The molecule has 0 spiro atoms. The minimum Gasteiger partial charge on any atom is -0.374 e. The van der Waals surface area contributed by atoms with Gasteiger partial charge in [0.1, 0.15) is 0 Å². The highest BCUT2D eigenvalue weighted by atomic mass is 16.5. The average molecular weight is 160 g/mol. The summed E-state index contributed by atoms with van der Waals surface area (Å²) in [5, 5.41) is 0. The van der Waals surface area contributed by atoms with Crippen molar-refractivity contribution in [2.24, 2.45) is 47.3 Å². The molecule has 2 heterocycles. The van der Waals surface area contributed by atoms with Crippen LogP contribution in [-0.4, -0.2) is 12.2 Å². The van der Waals surface area contributed by atoms with E-state index in [0.29, 0.717) is 0 Å². The van der Waals surface area contributed by atoms with Crippen LogP contribution in [0.25, 0.3) is 0 Å². The quantitative estimate of drug-likeness (QED) is 0.516. The number of rotatable bonds is 0. The fourth-order valence-electron chi connectivity index (χ4n) is 6.91. The molecule has 0 aromatic heterocycles. The van der Waals surface area contributed by atoms with Gasteiger partial charge in [-0.2, -0.15) is 0 Å². The zero-order valence-electron chi connectivity index (χ0n) is 6.89. The van der Waals surface area contributed by atoms with Crippen LogP contribution >= 0.6 is 0 Å². The number of ether oxygens (including phenoxy) is 1. The lowest BCUT2D eigenvalue weighted by Crippen LogP contribution is -2.43. The Morgan fingerprint density at radius 1 is 0.667 bits per heavy atom. The Morgan fingerprint density at radius 2 is 1.25 bits per heavy atom. The third-order valence-corrected chi connectivity index (χ3v) is 6.58. The van der Waals surface area contributed by atoms with Gasteiger partial charge in [0.05, 0.1) is 12.2 Å². The predicted molar refractivity (Wildman–Crippen MR) is 41.2 cm³/mol. The first kappa shape index (κ1) is 4.99. The van der Waals surface area contributed by atoms with Crippen LogP contribution in [0.3, 0.4) is 0 Å². The second-order valence-corrected chi connectivity index (χ2v) is 6.09. The molecule has 0 amide bonds. The molecule has 7 aliphatic rings. The molecule has 12 heavy (non-hydrogen) atoms. The van der Waals surface area contributed by atoms with Crippen molar-refractivity contribution in [3.8, 4) is 0 Å². The molecule has 0 aromatic rings. The average Bonchev–Trinajstić information content (AvgIpc) is 2.51. The Morgan fingerprint density at radius 3 is 1.83 bits per heavy atom. The molecule has 7 rings (SSSR count). The normalized spacial score (nSPS) is 94.0. The van der Waals surface area contributed by atoms with Crippen LogP contribution in [0.15, 0.2) is 0 Å². The predicted octanol–water partition coefficient (Wildman–Crippen LogP) is 1.14. The minimum atomic E-state index is 0.781. The molecule has 2 saturated heterocycles. The summed E-state index contributed by atoms with van der Waals surface area (Å²) in [6, 6.07) is 0. The van der Waals surface area contributed by atoms with E-state index >= 15 is 0 Å². The Balaban J connectivity index is 1.86. The van der Waals surface area contributed by atoms with Crippen molar-refractivity contribution in [3.05, 3.63) is 0 Å². The highest BCUT2D eigenvalue weighted by Gasteiger charge is 2.87. The highest BCUT2D eigenvalue weighted by molar-refractivity contribution is 5.34. The van der Waals surface area contributed by atoms with Crippen LogP contribution in [0.1, 0.15) is 6.42 Å². The van der Waals surface area contributed by atoms with Crippen LogP contribution in [-0.2, 0) is 4.74 Å². The lowest BCUT2D eigenvalue weighted by molar-refractivity contribution is 0.0368. The van der Waals surface area contributed by atoms with E-state index in [4.69, 9.17) is 4.74 Å². The molecule has 62 valence electrons. The van der Waals surface area contributed by atoms with Gasteiger partial charge < -0.3 is 4.74 Å². The van der Waals surface area contributed by atoms with Gasteiger partial charge in [-0.05, 0) is 53.8 Å². The molecule has 10 atom stereocenters. The van der Waals surface area contributed by atoms with Crippen molar-refractivity contribution in [2.45, 2.75) is 18.6 Å². The first-order chi connectivity index (χ1) is 5.97. The summed E-state index contributed by atoms with van der Waals surface area (Å²) in [4.78, 5) is 0. The van der Waals surface area contributed by atoms with Crippen LogP contribution < -0.4 is 0 Å². The fourth-order valence-corrected chi connectivity index (χ4v) is 6.91. The lowest BCUT2D eigenvalue weighted by atomic mass is 9.60. The van der Waals surface area contributed by atoms with Gasteiger partial charge in [0, 0.05) is 0 Å². The van der Waals surface area contributed by atoms with E-state index in [2.05, 4.69) is 0 Å². The Hall–Kier alpha value is -0.0400. The van der Waals surface area contributed by atoms with E-state index in [-0.39, 0.29) is 0 Å². The van der Waals surface area contributed by atoms with Crippen molar-refractivity contribution < 1.29 is 4.74 Å². The van der Waals surface area contributed by atoms with Crippen molar-refractivity contribution >= 4 is 0 Å². The zero-order chi connectivity index (χ0) is 7.19. The van der Waals surface area contributed by atoms with Crippen molar-refractivity contribution in [3.63, 3.8) is 0 Å². The molecule has 5 saturated carbocycles. The third kappa shape index (κ3) is 0.222. The third-order valence-electron chi connectivity index (χ3n) is 6.58. The standard InChI is InChI=1S/C11H12O/c1-2-4-5-3(1)7-6(2)10-8(4)9(5)11(7)12-10/h2-11H,1H2/t2-,3-,4-,5-,6-,7+,8-,9+,10+,11-/m1/s1. The van der Waals surface area contributed by atoms with Gasteiger partial charge in [0.25, 0.3) is 0 Å². The van der Waals surface area contributed by atoms with Gasteiger partial charge in [-0.1, -0.05) is 0 Å². The molecule has 1 heteroatoms. The van der Waals surface area contributed by atoms with Gasteiger partial charge in [-0.15, -0.1) is 0 Å². The molecule has 0 radical (unpaired) electrons. The summed E-state index contributed by atoms with van der Waals surface area (Å²) in [6.07, 6.45) is 3.18. The Labute approximate surface area is 71.5 Å². The summed E-state index contributed by atoms with van der Waals surface area (Å²) in [6.45, 7) is 0. The molecule has 0 aromatic carbocycles. The maximum absolute atomic E-state index is 6.17. The van der Waals surface area contributed by atoms with E-state index in [1.807, 2.05) is 0 Å². The van der Waals surface area contributed by atoms with Crippen LogP contribution in [0.5, 0.6) is 0 Å². The van der Waals surface area contributed by atoms with Crippen molar-refractivity contribution in [1.29, 1.82) is 0 Å². The van der Waals surface area contributed by atoms with Crippen molar-refractivity contribution in [1.82, 2.24) is 0 Å². The summed E-state index contributed by atoms with van der Waals surface area (Å²) < 4.78 is 6.17. The first-order valence-electron chi connectivity index (χ1n) is 5.62. The van der Waals surface area contributed by atoms with Crippen LogP contribution in [0, 0.1) is 47.3 Å². The molecule has 4 bridgehead atoms. The monoisotopic (exact) mass is 160 g/mol. The molecule has 1 nitrogen and oxygen atoms in total. The van der Waals surface area contributed by atoms with Gasteiger partial charge >= 0.3 is 0 Å². The van der Waals surface area contributed by atoms with Gasteiger partial charge in [0.15, 0.2) is 0 Å². The Bertz CT molecular complexity index is 246. The summed E-state index contributed by atoms with van der Waals surface area (Å²) in [5.41, 5.74) is 0. The molecule has 0 N–H and O–H groups in total. The molecule has 0 unspecified atom stereocenters. The smallest absolute Gasteiger partial charge is 0.0648 e. The molecule has 7 fully saturated rings.